The van der Waals surface area contributed by atoms with Crippen molar-refractivity contribution in [2.45, 2.75) is 32.9 Å². The molecule has 0 saturated heterocycles. The Bertz CT molecular complexity index is 673. The fourth-order valence-electron chi connectivity index (χ4n) is 1.93. The number of aromatic nitrogens is 1. The van der Waals surface area contributed by atoms with Crippen LogP contribution < -0.4 is 15.7 Å². The molecule has 0 unspecified atom stereocenters. The van der Waals surface area contributed by atoms with Crippen LogP contribution in [0.5, 0.6) is 0 Å². The Morgan fingerprint density at radius 1 is 1.26 bits per heavy atom. The Morgan fingerprint density at radius 3 is 2.74 bits per heavy atom. The van der Waals surface area contributed by atoms with Crippen molar-refractivity contribution in [3.8, 4) is 0 Å². The number of nitrogens with zero attached hydrogens (tertiary/aromatic N) is 1. The van der Waals surface area contributed by atoms with Gasteiger partial charge in [-0.2, -0.15) is 0 Å². The lowest BCUT2D eigenvalue weighted by Crippen LogP contribution is -2.33. The van der Waals surface area contributed by atoms with Crippen LogP contribution in [0.3, 0.4) is 0 Å². The summed E-state index contributed by atoms with van der Waals surface area (Å²) in [5, 5.41) is 3.91. The molecule has 2 rings (SSSR count). The molecule has 0 amide bonds. The topological polar surface area (TPSA) is 51.1 Å². The minimum atomic E-state index is -0.177. The van der Waals surface area contributed by atoms with Gasteiger partial charge in [0.25, 0.3) is 5.56 Å². The van der Waals surface area contributed by atoms with Crippen LogP contribution in [0.1, 0.15) is 20.3 Å². The van der Waals surface area contributed by atoms with Crippen molar-refractivity contribution in [1.29, 1.82) is 0 Å². The predicted octanol–water partition coefficient (Wildman–Crippen LogP) is 1.81. The molecule has 1 N–H and O–H groups in total. The highest BCUT2D eigenvalue weighted by Gasteiger charge is 2.07. The van der Waals surface area contributed by atoms with E-state index in [2.05, 4.69) is 19.2 Å². The molecule has 5 heteroatoms. The molecule has 2 aromatic rings. The molecule has 1 aromatic heterocycles. The van der Waals surface area contributed by atoms with E-state index < -0.39 is 0 Å². The van der Waals surface area contributed by atoms with Crippen LogP contribution in [0.25, 0.3) is 10.1 Å². The van der Waals surface area contributed by atoms with Gasteiger partial charge in [0.15, 0.2) is 0 Å². The quantitative estimate of drug-likeness (QED) is 0.849. The van der Waals surface area contributed by atoms with Crippen molar-refractivity contribution >= 4 is 21.4 Å². The van der Waals surface area contributed by atoms with E-state index in [9.17, 15) is 9.59 Å². The van der Waals surface area contributed by atoms with Gasteiger partial charge in [-0.05, 0) is 25.1 Å². The highest BCUT2D eigenvalue weighted by Crippen LogP contribution is 2.10. The van der Waals surface area contributed by atoms with Crippen molar-refractivity contribution in [2.75, 3.05) is 6.54 Å². The maximum Gasteiger partial charge on any atom is 0.310 e. The third-order valence-electron chi connectivity index (χ3n) is 2.89. The summed E-state index contributed by atoms with van der Waals surface area (Å²) in [6, 6.07) is 7.67. The van der Waals surface area contributed by atoms with E-state index in [0.29, 0.717) is 18.0 Å². The molecule has 1 heterocycles. The minimum Gasteiger partial charge on any atom is -0.314 e. The van der Waals surface area contributed by atoms with E-state index >= 15 is 0 Å². The van der Waals surface area contributed by atoms with Gasteiger partial charge >= 0.3 is 4.87 Å². The number of hydrogen-bond donors (Lipinski definition) is 1. The normalized spacial score (nSPS) is 11.3. The number of nitrogens with one attached hydrogen (secondary N) is 1. The zero-order valence-corrected chi connectivity index (χ0v) is 12.0. The maximum atomic E-state index is 12.2. The molecule has 0 aliphatic heterocycles. The first kappa shape index (κ1) is 14.0. The van der Waals surface area contributed by atoms with Gasteiger partial charge in [-0.3, -0.25) is 14.2 Å². The van der Waals surface area contributed by atoms with Crippen LogP contribution in [0, 0.1) is 0 Å². The molecule has 0 atom stereocenters. The summed E-state index contributed by atoms with van der Waals surface area (Å²) in [7, 11) is 0. The molecule has 19 heavy (non-hydrogen) atoms. The van der Waals surface area contributed by atoms with Gasteiger partial charge in [0.2, 0.25) is 0 Å². The van der Waals surface area contributed by atoms with Gasteiger partial charge in [-0.15, -0.1) is 0 Å². The zero-order chi connectivity index (χ0) is 13.8. The predicted molar refractivity (Wildman–Crippen MR) is 80.1 cm³/mol. The second-order valence-electron chi connectivity index (χ2n) is 4.78. The van der Waals surface area contributed by atoms with Crippen molar-refractivity contribution in [2.24, 2.45) is 0 Å². The summed E-state index contributed by atoms with van der Waals surface area (Å²) in [5.41, 5.74) is -0.177. The molecular weight excluding hydrogens is 260 g/mol. The maximum absolute atomic E-state index is 12.2. The largest absolute Gasteiger partial charge is 0.314 e. The Balaban J connectivity index is 2.24. The average molecular weight is 278 g/mol. The molecule has 0 aliphatic carbocycles. The molecule has 1 aromatic carbocycles. The summed E-state index contributed by atoms with van der Waals surface area (Å²) in [6.45, 7) is 5.42. The third kappa shape index (κ3) is 3.30. The smallest absolute Gasteiger partial charge is 0.310 e. The lowest BCUT2D eigenvalue weighted by atomic mass is 10.3. The molecule has 0 saturated carbocycles. The summed E-state index contributed by atoms with van der Waals surface area (Å²) >= 11 is 1.13. The molecule has 102 valence electrons. The van der Waals surface area contributed by atoms with Crippen molar-refractivity contribution in [3.63, 3.8) is 0 Å². The molecule has 0 spiro atoms. The van der Waals surface area contributed by atoms with Gasteiger partial charge in [-0.25, -0.2) is 0 Å². The van der Waals surface area contributed by atoms with Crippen LogP contribution in [0.2, 0.25) is 0 Å². The van der Waals surface area contributed by atoms with Crippen molar-refractivity contribution in [1.82, 2.24) is 9.88 Å². The van der Waals surface area contributed by atoms with E-state index in [1.807, 2.05) is 18.2 Å². The first-order chi connectivity index (χ1) is 9.09. The summed E-state index contributed by atoms with van der Waals surface area (Å²) in [4.78, 5) is 24.0. The van der Waals surface area contributed by atoms with Gasteiger partial charge < -0.3 is 5.32 Å². The molecular formula is C14H18N2O2S. The zero-order valence-electron chi connectivity index (χ0n) is 11.2. The number of rotatable bonds is 5. The van der Waals surface area contributed by atoms with Crippen LogP contribution in [0.15, 0.2) is 33.9 Å². The van der Waals surface area contributed by atoms with E-state index in [1.165, 1.54) is 4.57 Å². The average Bonchev–Trinajstić information content (AvgIpc) is 2.37. The summed E-state index contributed by atoms with van der Waals surface area (Å²) in [5.74, 6) is 0. The molecule has 4 nitrogen and oxygen atoms in total. The van der Waals surface area contributed by atoms with Crippen LogP contribution in [-0.2, 0) is 6.54 Å². The fraction of sp³-hybridized carbons (Fsp3) is 0.429. The summed E-state index contributed by atoms with van der Waals surface area (Å²) in [6.07, 6.45) is 0.776. The highest BCUT2D eigenvalue weighted by molar-refractivity contribution is 7.16. The first-order valence-electron chi connectivity index (χ1n) is 6.45. The Hall–Kier alpha value is -1.46. The van der Waals surface area contributed by atoms with Gasteiger partial charge in [0, 0.05) is 17.3 Å². The standard InChI is InChI=1S/C14H18N2O2S/c1-10(2)15-8-5-9-16-13(17)11-6-3-4-7-12(11)19-14(16)18/h3-4,6-7,10,15H,5,8-9H2,1-2H3. The lowest BCUT2D eigenvalue weighted by Gasteiger charge is -2.08. The van der Waals surface area contributed by atoms with Crippen LogP contribution in [-0.4, -0.2) is 17.2 Å². The third-order valence-corrected chi connectivity index (χ3v) is 3.86. The van der Waals surface area contributed by atoms with Crippen molar-refractivity contribution in [3.05, 3.63) is 44.3 Å². The lowest BCUT2D eigenvalue weighted by molar-refractivity contribution is 0.528. The van der Waals surface area contributed by atoms with E-state index in [4.69, 9.17) is 0 Å². The van der Waals surface area contributed by atoms with Crippen molar-refractivity contribution < 1.29 is 0 Å². The van der Waals surface area contributed by atoms with Gasteiger partial charge in [-0.1, -0.05) is 37.3 Å². The summed E-state index contributed by atoms with van der Waals surface area (Å²) < 4.78 is 2.10. The van der Waals surface area contributed by atoms with Crippen LogP contribution in [0.4, 0.5) is 0 Å². The fourth-order valence-corrected chi connectivity index (χ4v) is 2.81. The van der Waals surface area contributed by atoms with Crippen LogP contribution >= 0.6 is 11.3 Å². The SMILES string of the molecule is CC(C)NCCCn1c(=O)sc2ccccc2c1=O. The molecule has 0 radical (unpaired) electrons. The Labute approximate surface area is 115 Å². The monoisotopic (exact) mass is 278 g/mol. The Morgan fingerprint density at radius 2 is 2.00 bits per heavy atom. The molecule has 0 bridgehead atoms. The molecule has 0 aliphatic rings. The van der Waals surface area contributed by atoms with Gasteiger partial charge in [0.05, 0.1) is 5.39 Å². The second kappa shape index (κ2) is 6.12. The van der Waals surface area contributed by atoms with Gasteiger partial charge in [0.1, 0.15) is 0 Å². The number of fused-ring (bicyclic) bond motifs is 1. The van der Waals surface area contributed by atoms with E-state index in [1.54, 1.807) is 6.07 Å². The molecule has 0 fully saturated rings. The minimum absolute atomic E-state index is 0.173. The number of hydrogen-bond acceptors (Lipinski definition) is 4. The second-order valence-corrected chi connectivity index (χ2v) is 5.78. The van der Waals surface area contributed by atoms with E-state index in [0.717, 1.165) is 29.0 Å². The van der Waals surface area contributed by atoms with E-state index in [-0.39, 0.29) is 10.4 Å². The highest BCUT2D eigenvalue weighted by atomic mass is 32.1. The first-order valence-corrected chi connectivity index (χ1v) is 7.27. The Kier molecular flexibility index (Phi) is 4.50. The number of benzene rings is 1.